The van der Waals surface area contributed by atoms with E-state index in [1.807, 2.05) is 18.2 Å². The number of primary amides is 1. The molecule has 1 aliphatic rings. The molecule has 128 valence electrons. The summed E-state index contributed by atoms with van der Waals surface area (Å²) in [6.07, 6.45) is 3.32. The van der Waals surface area contributed by atoms with Crippen molar-refractivity contribution in [2.45, 2.75) is 32.6 Å². The van der Waals surface area contributed by atoms with Crippen molar-refractivity contribution in [3.05, 3.63) is 36.0 Å². The van der Waals surface area contributed by atoms with E-state index in [1.165, 1.54) is 0 Å². The van der Waals surface area contributed by atoms with Crippen LogP contribution in [-0.4, -0.2) is 30.6 Å². The smallest absolute Gasteiger partial charge is 0.225 e. The summed E-state index contributed by atoms with van der Waals surface area (Å²) >= 11 is 0. The van der Waals surface area contributed by atoms with Gasteiger partial charge in [0.1, 0.15) is 0 Å². The Labute approximate surface area is 142 Å². The van der Waals surface area contributed by atoms with Crippen LogP contribution in [0.15, 0.2) is 30.3 Å². The fraction of sp³-hybridized carbons (Fsp3) is 0.474. The first-order valence-corrected chi connectivity index (χ1v) is 8.65. The zero-order valence-electron chi connectivity index (χ0n) is 14.2. The van der Waals surface area contributed by atoms with Crippen molar-refractivity contribution in [3.8, 4) is 0 Å². The average Bonchev–Trinajstić information content (AvgIpc) is 2.60. The lowest BCUT2D eigenvalue weighted by Crippen LogP contribution is -2.46. The van der Waals surface area contributed by atoms with Crippen molar-refractivity contribution in [1.29, 1.82) is 0 Å². The van der Waals surface area contributed by atoms with Crippen molar-refractivity contribution in [1.82, 2.24) is 4.98 Å². The highest BCUT2D eigenvalue weighted by Crippen LogP contribution is 2.32. The van der Waals surface area contributed by atoms with E-state index in [9.17, 15) is 4.79 Å². The highest BCUT2D eigenvalue weighted by Gasteiger charge is 2.38. The molecule has 1 aliphatic heterocycles. The molecule has 0 atom stereocenters. The molecule has 1 amide bonds. The highest BCUT2D eigenvalue weighted by molar-refractivity contribution is 5.92. The van der Waals surface area contributed by atoms with Gasteiger partial charge in [0.25, 0.3) is 0 Å². The van der Waals surface area contributed by atoms with Gasteiger partial charge in [0.15, 0.2) is 0 Å². The Balaban J connectivity index is 1.89. The van der Waals surface area contributed by atoms with E-state index < -0.39 is 5.41 Å². The van der Waals surface area contributed by atoms with Gasteiger partial charge in [-0.1, -0.05) is 31.5 Å². The lowest BCUT2D eigenvalue weighted by Gasteiger charge is -2.34. The van der Waals surface area contributed by atoms with Gasteiger partial charge in [0.05, 0.1) is 10.9 Å². The number of nitrogens with one attached hydrogen (secondary N) is 1. The minimum Gasteiger partial charge on any atom is -0.383 e. The topological polar surface area (TPSA) is 77.2 Å². The average molecular weight is 327 g/mol. The molecule has 3 N–H and O–H groups in total. The third-order valence-electron chi connectivity index (χ3n) is 4.87. The molecule has 1 aromatic heterocycles. The van der Waals surface area contributed by atoms with E-state index in [0.29, 0.717) is 32.6 Å². The van der Waals surface area contributed by atoms with Gasteiger partial charge in [0, 0.05) is 36.5 Å². The summed E-state index contributed by atoms with van der Waals surface area (Å²) in [5.74, 6) is -0.245. The molecule has 2 aromatic rings. The van der Waals surface area contributed by atoms with Gasteiger partial charge in [-0.2, -0.15) is 0 Å². The van der Waals surface area contributed by atoms with Gasteiger partial charge in [-0.15, -0.1) is 0 Å². The van der Waals surface area contributed by atoms with Crippen LogP contribution in [0.3, 0.4) is 0 Å². The van der Waals surface area contributed by atoms with Gasteiger partial charge >= 0.3 is 0 Å². The first kappa shape index (κ1) is 16.7. The zero-order valence-corrected chi connectivity index (χ0v) is 14.2. The van der Waals surface area contributed by atoms with Gasteiger partial charge in [-0.3, -0.25) is 9.78 Å². The second-order valence-corrected chi connectivity index (χ2v) is 6.54. The van der Waals surface area contributed by atoms with E-state index in [2.05, 4.69) is 24.4 Å². The monoisotopic (exact) mass is 327 g/mol. The van der Waals surface area contributed by atoms with Crippen molar-refractivity contribution < 1.29 is 9.53 Å². The van der Waals surface area contributed by atoms with Crippen LogP contribution in [0.1, 0.15) is 31.9 Å². The number of anilines is 1. The molecule has 0 spiro atoms. The molecule has 0 bridgehead atoms. The second-order valence-electron chi connectivity index (χ2n) is 6.54. The minimum absolute atomic E-state index is 0.245. The molecule has 3 rings (SSSR count). The first-order chi connectivity index (χ1) is 11.6. The number of aryl methyl sites for hydroxylation is 1. The maximum absolute atomic E-state index is 12.0. The first-order valence-electron chi connectivity index (χ1n) is 8.65. The lowest BCUT2D eigenvalue weighted by molar-refractivity contribution is -0.132. The number of aromatic nitrogens is 1. The number of pyridine rings is 1. The molecule has 0 saturated carbocycles. The maximum Gasteiger partial charge on any atom is 0.225 e. The fourth-order valence-electron chi connectivity index (χ4n) is 3.30. The number of para-hydroxylation sites is 1. The van der Waals surface area contributed by atoms with Gasteiger partial charge in [-0.05, 0) is 31.4 Å². The Morgan fingerprint density at radius 3 is 2.79 bits per heavy atom. The number of amides is 1. The standard InChI is InChI=1S/C19H25N3O2/c1-2-5-14-12-17(15-6-3-4-7-16(15)22-14)21-13-19(18(20)23)8-10-24-11-9-19/h3-4,6-7,12H,2,5,8-11,13H2,1H3,(H2,20,23)(H,21,22). The molecule has 0 radical (unpaired) electrons. The Kier molecular flexibility index (Phi) is 5.00. The summed E-state index contributed by atoms with van der Waals surface area (Å²) < 4.78 is 5.40. The molecule has 5 heteroatoms. The van der Waals surface area contributed by atoms with Crippen LogP contribution in [0, 0.1) is 5.41 Å². The number of carbonyl (C=O) groups excluding carboxylic acids is 1. The number of fused-ring (bicyclic) bond motifs is 1. The summed E-state index contributed by atoms with van der Waals surface area (Å²) in [5.41, 5.74) is 8.25. The van der Waals surface area contributed by atoms with Crippen LogP contribution < -0.4 is 11.1 Å². The summed E-state index contributed by atoms with van der Waals surface area (Å²) in [5, 5.41) is 4.56. The predicted octanol–water partition coefficient (Wildman–Crippen LogP) is 2.88. The van der Waals surface area contributed by atoms with E-state index in [-0.39, 0.29) is 5.91 Å². The number of nitrogens with two attached hydrogens (primary N) is 1. The van der Waals surface area contributed by atoms with Crippen LogP contribution in [0.4, 0.5) is 5.69 Å². The lowest BCUT2D eigenvalue weighted by atomic mass is 9.79. The van der Waals surface area contributed by atoms with E-state index in [0.717, 1.165) is 35.1 Å². The Hall–Kier alpha value is -2.14. The molecule has 2 heterocycles. The summed E-state index contributed by atoms with van der Waals surface area (Å²) in [6, 6.07) is 10.2. The number of hydrogen-bond acceptors (Lipinski definition) is 4. The van der Waals surface area contributed by atoms with Crippen LogP contribution in [0.2, 0.25) is 0 Å². The maximum atomic E-state index is 12.0. The van der Waals surface area contributed by atoms with E-state index in [4.69, 9.17) is 15.5 Å². The zero-order chi connectivity index (χ0) is 17.0. The number of hydrogen-bond donors (Lipinski definition) is 2. The SMILES string of the molecule is CCCc1cc(NCC2(C(N)=O)CCOCC2)c2ccccc2n1. The number of nitrogens with zero attached hydrogens (tertiary/aromatic N) is 1. The number of carbonyl (C=O) groups is 1. The summed E-state index contributed by atoms with van der Waals surface area (Å²) in [6.45, 7) is 3.85. The van der Waals surface area contributed by atoms with Crippen molar-refractivity contribution in [3.63, 3.8) is 0 Å². The number of rotatable bonds is 6. The minimum atomic E-state index is -0.534. The second kappa shape index (κ2) is 7.18. The normalized spacial score (nSPS) is 16.9. The van der Waals surface area contributed by atoms with Crippen molar-refractivity contribution in [2.75, 3.05) is 25.1 Å². The highest BCUT2D eigenvalue weighted by atomic mass is 16.5. The summed E-state index contributed by atoms with van der Waals surface area (Å²) in [7, 11) is 0. The molecular formula is C19H25N3O2. The molecule has 24 heavy (non-hydrogen) atoms. The molecular weight excluding hydrogens is 302 g/mol. The van der Waals surface area contributed by atoms with Gasteiger partial charge in [0.2, 0.25) is 5.91 Å². The van der Waals surface area contributed by atoms with Crippen LogP contribution in [0.25, 0.3) is 10.9 Å². The fourth-order valence-corrected chi connectivity index (χ4v) is 3.30. The van der Waals surface area contributed by atoms with Crippen molar-refractivity contribution >= 4 is 22.5 Å². The third-order valence-corrected chi connectivity index (χ3v) is 4.87. The molecule has 5 nitrogen and oxygen atoms in total. The number of ether oxygens (including phenoxy) is 1. The van der Waals surface area contributed by atoms with E-state index in [1.54, 1.807) is 0 Å². The van der Waals surface area contributed by atoms with E-state index >= 15 is 0 Å². The molecule has 1 fully saturated rings. The molecule has 1 aromatic carbocycles. The van der Waals surface area contributed by atoms with Crippen LogP contribution in [0.5, 0.6) is 0 Å². The van der Waals surface area contributed by atoms with Crippen molar-refractivity contribution in [2.24, 2.45) is 11.1 Å². The van der Waals surface area contributed by atoms with Crippen LogP contribution in [-0.2, 0) is 16.0 Å². The molecule has 0 aliphatic carbocycles. The molecule has 1 saturated heterocycles. The Morgan fingerprint density at radius 2 is 2.08 bits per heavy atom. The quantitative estimate of drug-likeness (QED) is 0.855. The third kappa shape index (κ3) is 3.36. The predicted molar refractivity (Wildman–Crippen MR) is 95.9 cm³/mol. The van der Waals surface area contributed by atoms with Crippen LogP contribution >= 0.6 is 0 Å². The Bertz CT molecular complexity index is 724. The van der Waals surface area contributed by atoms with Gasteiger partial charge in [-0.25, -0.2) is 0 Å². The van der Waals surface area contributed by atoms with Gasteiger partial charge < -0.3 is 15.8 Å². The number of benzene rings is 1. The Morgan fingerprint density at radius 1 is 1.33 bits per heavy atom. The summed E-state index contributed by atoms with van der Waals surface area (Å²) in [4.78, 5) is 16.8. The molecule has 0 unspecified atom stereocenters. The largest absolute Gasteiger partial charge is 0.383 e.